The number of hydrogen-bond acceptors (Lipinski definition) is 5. The first-order valence-corrected chi connectivity index (χ1v) is 9.64. The summed E-state index contributed by atoms with van der Waals surface area (Å²) in [6, 6.07) is 5.68. The topological polar surface area (TPSA) is 92.7 Å². The molecule has 3 aromatic heterocycles. The van der Waals surface area contributed by atoms with Crippen molar-refractivity contribution in [3.8, 4) is 16.5 Å². The molecule has 142 valence electrons. The van der Waals surface area contributed by atoms with Crippen molar-refractivity contribution in [2.75, 3.05) is 5.32 Å². The van der Waals surface area contributed by atoms with E-state index in [0.29, 0.717) is 29.2 Å². The second-order valence-electron chi connectivity index (χ2n) is 7.32. The molecule has 0 bridgehead atoms. The number of H-pyrrole nitrogens is 1. The monoisotopic (exact) mass is 385 g/mol. The Hall–Kier alpha value is -2.74. The standard InChI is InChI=1S/C19H23N5O2S/c1-6-12-11(2)20-18(22-16(12)25)24-15(21-17(26)19(3,4)5)10-13(23-24)14-8-7-9-27-14/h7-10H,6H2,1-5H3,(H,21,26)(H,20,22,25). The highest BCUT2D eigenvalue weighted by Crippen LogP contribution is 2.28. The second kappa shape index (κ2) is 7.11. The van der Waals surface area contributed by atoms with Crippen molar-refractivity contribution >= 4 is 23.1 Å². The van der Waals surface area contributed by atoms with E-state index in [9.17, 15) is 9.59 Å². The maximum atomic E-state index is 12.5. The Morgan fingerprint density at radius 1 is 1.37 bits per heavy atom. The zero-order valence-electron chi connectivity index (χ0n) is 16.1. The SMILES string of the molecule is CCc1c(C)nc(-n2nc(-c3cccs3)cc2NC(=O)C(C)(C)C)[nH]c1=O. The fraction of sp³-hybridized carbons (Fsp3) is 0.368. The molecule has 0 radical (unpaired) electrons. The molecule has 3 heterocycles. The lowest BCUT2D eigenvalue weighted by atomic mass is 9.96. The average molecular weight is 385 g/mol. The number of aromatic amines is 1. The number of nitrogens with one attached hydrogen (secondary N) is 2. The highest BCUT2D eigenvalue weighted by atomic mass is 32.1. The van der Waals surface area contributed by atoms with Gasteiger partial charge in [-0.25, -0.2) is 4.98 Å². The first-order chi connectivity index (χ1) is 12.7. The van der Waals surface area contributed by atoms with Gasteiger partial charge in [-0.05, 0) is 24.8 Å². The quantitative estimate of drug-likeness (QED) is 0.718. The largest absolute Gasteiger partial charge is 0.310 e. The predicted octanol–water partition coefficient (Wildman–Crippen LogP) is 3.54. The number of nitrogens with zero attached hydrogens (tertiary/aromatic N) is 3. The van der Waals surface area contributed by atoms with Crippen LogP contribution >= 0.6 is 11.3 Å². The Morgan fingerprint density at radius 3 is 2.67 bits per heavy atom. The summed E-state index contributed by atoms with van der Waals surface area (Å²) in [5.74, 6) is 0.595. The molecule has 0 aliphatic rings. The molecule has 0 spiro atoms. The van der Waals surface area contributed by atoms with E-state index in [1.165, 1.54) is 4.68 Å². The molecule has 0 aliphatic carbocycles. The maximum Gasteiger partial charge on any atom is 0.255 e. The van der Waals surface area contributed by atoms with Gasteiger partial charge in [0.2, 0.25) is 11.9 Å². The van der Waals surface area contributed by atoms with Crippen LogP contribution in [0.4, 0.5) is 5.82 Å². The summed E-state index contributed by atoms with van der Waals surface area (Å²) in [5.41, 5.74) is 1.23. The summed E-state index contributed by atoms with van der Waals surface area (Å²) in [4.78, 5) is 33.1. The fourth-order valence-electron chi connectivity index (χ4n) is 2.59. The van der Waals surface area contributed by atoms with Crippen LogP contribution in [0.1, 0.15) is 39.0 Å². The Bertz CT molecular complexity index is 1030. The molecule has 27 heavy (non-hydrogen) atoms. The zero-order chi connectivity index (χ0) is 19.8. The number of anilines is 1. The number of aromatic nitrogens is 4. The molecule has 0 aliphatic heterocycles. The number of aryl methyl sites for hydroxylation is 1. The summed E-state index contributed by atoms with van der Waals surface area (Å²) in [5, 5.41) is 9.44. The van der Waals surface area contributed by atoms with Crippen LogP contribution in [0.15, 0.2) is 28.4 Å². The van der Waals surface area contributed by atoms with Crippen LogP contribution in [0, 0.1) is 12.3 Å². The zero-order valence-corrected chi connectivity index (χ0v) is 16.9. The number of carbonyl (C=O) groups is 1. The predicted molar refractivity (Wildman–Crippen MR) is 107 cm³/mol. The Morgan fingerprint density at radius 2 is 2.11 bits per heavy atom. The van der Waals surface area contributed by atoms with E-state index >= 15 is 0 Å². The highest BCUT2D eigenvalue weighted by molar-refractivity contribution is 7.13. The van der Waals surface area contributed by atoms with Gasteiger partial charge in [-0.1, -0.05) is 33.8 Å². The summed E-state index contributed by atoms with van der Waals surface area (Å²) in [6.07, 6.45) is 0.599. The molecule has 8 heteroatoms. The van der Waals surface area contributed by atoms with Crippen LogP contribution < -0.4 is 10.9 Å². The molecule has 0 unspecified atom stereocenters. The number of rotatable bonds is 4. The lowest BCUT2D eigenvalue weighted by Crippen LogP contribution is -2.29. The van der Waals surface area contributed by atoms with Crippen LogP contribution in [-0.2, 0) is 11.2 Å². The second-order valence-corrected chi connectivity index (χ2v) is 8.26. The average Bonchev–Trinajstić information content (AvgIpc) is 3.22. The van der Waals surface area contributed by atoms with E-state index in [1.807, 2.05) is 45.2 Å². The van der Waals surface area contributed by atoms with Crippen molar-refractivity contribution in [3.63, 3.8) is 0 Å². The van der Waals surface area contributed by atoms with Crippen LogP contribution in [-0.4, -0.2) is 25.7 Å². The normalized spacial score (nSPS) is 11.6. The van der Waals surface area contributed by atoms with Gasteiger partial charge in [0.15, 0.2) is 0 Å². The smallest absolute Gasteiger partial charge is 0.255 e. The van der Waals surface area contributed by atoms with E-state index in [4.69, 9.17) is 0 Å². The molecule has 3 aromatic rings. The van der Waals surface area contributed by atoms with Gasteiger partial charge in [0.25, 0.3) is 5.56 Å². The molecule has 0 saturated heterocycles. The molecule has 7 nitrogen and oxygen atoms in total. The van der Waals surface area contributed by atoms with Crippen LogP contribution in [0.5, 0.6) is 0 Å². The molecule has 0 saturated carbocycles. The van der Waals surface area contributed by atoms with Crippen molar-refractivity contribution in [2.45, 2.75) is 41.0 Å². The summed E-state index contributed by atoms with van der Waals surface area (Å²) in [6.45, 7) is 9.22. The van der Waals surface area contributed by atoms with Gasteiger partial charge >= 0.3 is 0 Å². The maximum absolute atomic E-state index is 12.5. The molecule has 0 atom stereocenters. The van der Waals surface area contributed by atoms with Crippen LogP contribution in [0.3, 0.4) is 0 Å². The fourth-order valence-corrected chi connectivity index (χ4v) is 3.27. The van der Waals surface area contributed by atoms with Crippen molar-refractivity contribution < 1.29 is 4.79 Å². The minimum absolute atomic E-state index is 0.148. The van der Waals surface area contributed by atoms with E-state index in [2.05, 4.69) is 20.4 Å². The van der Waals surface area contributed by atoms with Crippen LogP contribution in [0.25, 0.3) is 16.5 Å². The Labute approximate surface area is 161 Å². The molecular formula is C19H23N5O2S. The van der Waals surface area contributed by atoms with Gasteiger partial charge < -0.3 is 5.32 Å². The number of amides is 1. The number of thiophene rings is 1. The molecule has 0 fully saturated rings. The molecule has 1 amide bonds. The molecule has 0 aromatic carbocycles. The van der Waals surface area contributed by atoms with Gasteiger partial charge in [0.05, 0.1) is 4.88 Å². The summed E-state index contributed by atoms with van der Waals surface area (Å²) >= 11 is 1.55. The van der Waals surface area contributed by atoms with Gasteiger partial charge in [0, 0.05) is 22.7 Å². The van der Waals surface area contributed by atoms with Crippen molar-refractivity contribution in [3.05, 3.63) is 45.2 Å². The minimum atomic E-state index is -0.568. The van der Waals surface area contributed by atoms with E-state index in [0.717, 1.165) is 4.88 Å². The van der Waals surface area contributed by atoms with Crippen LogP contribution in [0.2, 0.25) is 0 Å². The van der Waals surface area contributed by atoms with Gasteiger partial charge in [-0.2, -0.15) is 9.78 Å². The highest BCUT2D eigenvalue weighted by Gasteiger charge is 2.24. The van der Waals surface area contributed by atoms with E-state index in [1.54, 1.807) is 24.3 Å². The molecular weight excluding hydrogens is 362 g/mol. The van der Waals surface area contributed by atoms with Crippen molar-refractivity contribution in [1.29, 1.82) is 0 Å². The number of hydrogen-bond donors (Lipinski definition) is 2. The van der Waals surface area contributed by atoms with E-state index in [-0.39, 0.29) is 17.4 Å². The van der Waals surface area contributed by atoms with Crippen molar-refractivity contribution in [1.82, 2.24) is 19.7 Å². The number of carbonyl (C=O) groups excluding carboxylic acids is 1. The van der Waals surface area contributed by atoms with E-state index < -0.39 is 5.41 Å². The molecule has 3 rings (SSSR count). The summed E-state index contributed by atoms with van der Waals surface area (Å²) in [7, 11) is 0. The Kier molecular flexibility index (Phi) is 5.01. The third-order valence-corrected chi connectivity index (χ3v) is 5.06. The lowest BCUT2D eigenvalue weighted by molar-refractivity contribution is -0.123. The minimum Gasteiger partial charge on any atom is -0.310 e. The first kappa shape index (κ1) is 19.0. The van der Waals surface area contributed by atoms with Crippen molar-refractivity contribution in [2.24, 2.45) is 5.41 Å². The molecule has 2 N–H and O–H groups in total. The van der Waals surface area contributed by atoms with Gasteiger partial charge in [0.1, 0.15) is 11.5 Å². The lowest BCUT2D eigenvalue weighted by Gasteiger charge is -2.18. The Balaban J connectivity index is 2.13. The first-order valence-electron chi connectivity index (χ1n) is 8.76. The third kappa shape index (κ3) is 3.85. The van der Waals surface area contributed by atoms with Gasteiger partial charge in [-0.15, -0.1) is 11.3 Å². The van der Waals surface area contributed by atoms with Gasteiger partial charge in [-0.3, -0.25) is 14.6 Å². The third-order valence-electron chi connectivity index (χ3n) is 4.17. The summed E-state index contributed by atoms with van der Waals surface area (Å²) < 4.78 is 1.48.